The molecule has 1 aromatic heterocycles. The van der Waals surface area contributed by atoms with Gasteiger partial charge in [0.2, 0.25) is 0 Å². The van der Waals surface area contributed by atoms with Crippen LogP contribution in [-0.2, 0) is 18.3 Å². The molecule has 0 radical (unpaired) electrons. The fourth-order valence-electron chi connectivity index (χ4n) is 1.75. The first-order valence-electron chi connectivity index (χ1n) is 5.10. The van der Waals surface area contributed by atoms with E-state index >= 15 is 0 Å². The maximum atomic E-state index is 11.6. The van der Waals surface area contributed by atoms with Crippen LogP contribution in [0.4, 0.5) is 0 Å². The zero-order valence-electron chi connectivity index (χ0n) is 8.44. The number of nitrogens with zero attached hydrogens (tertiary/aromatic N) is 3. The van der Waals surface area contributed by atoms with Crippen molar-refractivity contribution in [1.82, 2.24) is 14.8 Å². The number of carbonyl (C=O) groups excluding carboxylic acids is 1. The minimum Gasteiger partial charge on any atom is -0.299 e. The van der Waals surface area contributed by atoms with E-state index in [2.05, 4.69) is 10.1 Å². The Morgan fingerprint density at radius 2 is 2.43 bits per heavy atom. The van der Waals surface area contributed by atoms with Gasteiger partial charge >= 0.3 is 0 Å². The molecular formula is C10H15N3O. The van der Waals surface area contributed by atoms with Crippen molar-refractivity contribution in [1.29, 1.82) is 0 Å². The van der Waals surface area contributed by atoms with Crippen LogP contribution in [0.3, 0.4) is 0 Å². The summed E-state index contributed by atoms with van der Waals surface area (Å²) in [6.07, 6.45) is 6.41. The van der Waals surface area contributed by atoms with Crippen LogP contribution in [0, 0.1) is 5.92 Å². The molecule has 1 fully saturated rings. The minimum absolute atomic E-state index is 0.297. The Morgan fingerprint density at radius 1 is 1.64 bits per heavy atom. The first-order valence-corrected chi connectivity index (χ1v) is 5.10. The maximum Gasteiger partial charge on any atom is 0.140 e. The number of hydrogen-bond acceptors (Lipinski definition) is 3. The molecule has 1 aliphatic rings. The molecule has 0 atom stereocenters. The van der Waals surface area contributed by atoms with Gasteiger partial charge in [0.05, 0.1) is 6.42 Å². The van der Waals surface area contributed by atoms with Crippen molar-refractivity contribution in [2.24, 2.45) is 13.0 Å². The molecule has 0 saturated heterocycles. The van der Waals surface area contributed by atoms with Crippen molar-refractivity contribution in [2.45, 2.75) is 32.1 Å². The summed E-state index contributed by atoms with van der Waals surface area (Å²) in [6.45, 7) is 0. The van der Waals surface area contributed by atoms with Gasteiger partial charge < -0.3 is 0 Å². The molecule has 4 nitrogen and oxygen atoms in total. The highest BCUT2D eigenvalue weighted by Gasteiger charge is 2.21. The molecule has 0 aromatic carbocycles. The number of aromatic nitrogens is 3. The Morgan fingerprint density at radius 3 is 2.93 bits per heavy atom. The second-order valence-electron chi connectivity index (χ2n) is 4.02. The molecule has 0 spiro atoms. The van der Waals surface area contributed by atoms with Crippen LogP contribution in [0.15, 0.2) is 6.33 Å². The normalized spacial score (nSPS) is 16.6. The average Bonchev–Trinajstić information content (AvgIpc) is 2.45. The van der Waals surface area contributed by atoms with E-state index in [9.17, 15) is 4.79 Å². The van der Waals surface area contributed by atoms with Gasteiger partial charge in [-0.1, -0.05) is 19.3 Å². The zero-order valence-corrected chi connectivity index (χ0v) is 8.44. The van der Waals surface area contributed by atoms with Crippen LogP contribution in [0.1, 0.15) is 31.5 Å². The molecule has 1 saturated carbocycles. The van der Waals surface area contributed by atoms with Gasteiger partial charge in [-0.25, -0.2) is 4.98 Å². The van der Waals surface area contributed by atoms with E-state index in [1.807, 2.05) is 7.05 Å². The maximum absolute atomic E-state index is 11.6. The second-order valence-corrected chi connectivity index (χ2v) is 4.02. The number of Topliss-reactive ketones (excluding diaryl/α,β-unsaturated/α-hetero) is 1. The third-order valence-electron chi connectivity index (χ3n) is 2.90. The van der Waals surface area contributed by atoms with E-state index < -0.39 is 0 Å². The molecule has 1 aliphatic carbocycles. The number of aryl methyl sites for hydroxylation is 1. The number of ketones is 1. The van der Waals surface area contributed by atoms with Gasteiger partial charge in [0.25, 0.3) is 0 Å². The molecule has 0 bridgehead atoms. The van der Waals surface area contributed by atoms with Crippen LogP contribution in [0.25, 0.3) is 0 Å². The molecule has 0 N–H and O–H groups in total. The lowest BCUT2D eigenvalue weighted by Crippen LogP contribution is -2.18. The molecule has 76 valence electrons. The molecule has 14 heavy (non-hydrogen) atoms. The van der Waals surface area contributed by atoms with E-state index in [4.69, 9.17) is 0 Å². The van der Waals surface area contributed by atoms with Crippen LogP contribution in [0.2, 0.25) is 0 Å². The molecule has 1 heterocycles. The largest absolute Gasteiger partial charge is 0.299 e. The second kappa shape index (κ2) is 3.90. The lowest BCUT2D eigenvalue weighted by atomic mass is 9.81. The highest BCUT2D eigenvalue weighted by Crippen LogP contribution is 2.29. The third kappa shape index (κ3) is 2.00. The van der Waals surface area contributed by atoms with Crippen LogP contribution >= 0.6 is 0 Å². The fraction of sp³-hybridized carbons (Fsp3) is 0.700. The highest BCUT2D eigenvalue weighted by atomic mass is 16.1. The number of carbonyl (C=O) groups is 1. The first kappa shape index (κ1) is 9.37. The monoisotopic (exact) mass is 193 g/mol. The quantitative estimate of drug-likeness (QED) is 0.719. The fourth-order valence-corrected chi connectivity index (χ4v) is 1.75. The zero-order chi connectivity index (χ0) is 9.97. The average molecular weight is 193 g/mol. The standard InChI is InChI=1S/C10H15N3O/c1-13-10(11-7-12-13)6-9(14)5-8-3-2-4-8/h7-8H,2-6H2,1H3. The molecule has 4 heteroatoms. The summed E-state index contributed by atoms with van der Waals surface area (Å²) in [5.41, 5.74) is 0. The molecule has 0 amide bonds. The summed E-state index contributed by atoms with van der Waals surface area (Å²) < 4.78 is 1.67. The SMILES string of the molecule is Cn1ncnc1CC(=O)CC1CCC1. The van der Waals surface area contributed by atoms with Crippen molar-refractivity contribution in [3.05, 3.63) is 12.2 Å². The Kier molecular flexibility index (Phi) is 2.61. The molecule has 1 aromatic rings. The molecular weight excluding hydrogens is 178 g/mol. The summed E-state index contributed by atoms with van der Waals surface area (Å²) in [4.78, 5) is 15.6. The highest BCUT2D eigenvalue weighted by molar-refractivity contribution is 5.80. The van der Waals surface area contributed by atoms with E-state index in [1.54, 1.807) is 4.68 Å². The lowest BCUT2D eigenvalue weighted by molar-refractivity contribution is -0.120. The Hall–Kier alpha value is -1.19. The van der Waals surface area contributed by atoms with E-state index in [1.165, 1.54) is 25.6 Å². The van der Waals surface area contributed by atoms with Gasteiger partial charge in [0.15, 0.2) is 0 Å². The van der Waals surface area contributed by atoms with Gasteiger partial charge in [-0.05, 0) is 5.92 Å². The van der Waals surface area contributed by atoms with E-state index in [-0.39, 0.29) is 0 Å². The predicted octanol–water partition coefficient (Wildman–Crippen LogP) is 1.12. The van der Waals surface area contributed by atoms with Crippen molar-refractivity contribution in [3.63, 3.8) is 0 Å². The topological polar surface area (TPSA) is 47.8 Å². The Balaban J connectivity index is 1.84. The first-order chi connectivity index (χ1) is 6.75. The Bertz CT molecular complexity index is 328. The van der Waals surface area contributed by atoms with E-state index in [0.29, 0.717) is 18.1 Å². The van der Waals surface area contributed by atoms with Crippen molar-refractivity contribution >= 4 is 5.78 Å². The van der Waals surface area contributed by atoms with Crippen LogP contribution in [0.5, 0.6) is 0 Å². The number of rotatable bonds is 4. The Labute approximate surface area is 83.3 Å². The van der Waals surface area contributed by atoms with Gasteiger partial charge in [-0.3, -0.25) is 9.48 Å². The summed E-state index contributed by atoms with van der Waals surface area (Å²) in [5.74, 6) is 1.72. The molecule has 0 aliphatic heterocycles. The summed E-state index contributed by atoms with van der Waals surface area (Å²) >= 11 is 0. The van der Waals surface area contributed by atoms with Gasteiger partial charge in [-0.2, -0.15) is 5.10 Å². The molecule has 0 unspecified atom stereocenters. The lowest BCUT2D eigenvalue weighted by Gasteiger charge is -2.24. The van der Waals surface area contributed by atoms with E-state index in [0.717, 1.165) is 12.2 Å². The summed E-state index contributed by atoms with van der Waals surface area (Å²) in [5, 5.41) is 3.94. The third-order valence-corrected chi connectivity index (χ3v) is 2.90. The summed E-state index contributed by atoms with van der Waals surface area (Å²) in [6, 6.07) is 0. The van der Waals surface area contributed by atoms with Gasteiger partial charge in [0.1, 0.15) is 17.9 Å². The van der Waals surface area contributed by atoms with Crippen molar-refractivity contribution in [2.75, 3.05) is 0 Å². The van der Waals surface area contributed by atoms with Gasteiger partial charge in [0, 0.05) is 13.5 Å². The van der Waals surface area contributed by atoms with Crippen LogP contribution < -0.4 is 0 Å². The molecule has 2 rings (SSSR count). The van der Waals surface area contributed by atoms with Gasteiger partial charge in [-0.15, -0.1) is 0 Å². The van der Waals surface area contributed by atoms with Crippen molar-refractivity contribution < 1.29 is 4.79 Å². The van der Waals surface area contributed by atoms with Crippen LogP contribution in [-0.4, -0.2) is 20.5 Å². The van der Waals surface area contributed by atoms with Crippen molar-refractivity contribution in [3.8, 4) is 0 Å². The minimum atomic E-state index is 0.297. The number of hydrogen-bond donors (Lipinski definition) is 0. The smallest absolute Gasteiger partial charge is 0.140 e. The predicted molar refractivity (Wildman–Crippen MR) is 51.7 cm³/mol. The summed E-state index contributed by atoms with van der Waals surface area (Å²) in [7, 11) is 1.82.